The third-order valence-corrected chi connectivity index (χ3v) is 7.98. The average Bonchev–Trinajstić information content (AvgIpc) is 3.51. The number of imide groups is 1. The van der Waals surface area contributed by atoms with Gasteiger partial charge in [-0.15, -0.1) is 0 Å². The van der Waals surface area contributed by atoms with Gasteiger partial charge in [-0.05, 0) is 60.5 Å². The number of rotatable bonds is 6. The summed E-state index contributed by atoms with van der Waals surface area (Å²) in [5.74, 6) is -0.0689. The molecule has 208 valence electrons. The first-order valence-electron chi connectivity index (χ1n) is 14.0. The molecule has 8 heteroatoms. The zero-order valence-electron chi connectivity index (χ0n) is 22.9. The largest absolute Gasteiger partial charge is 0.494 e. The van der Waals surface area contributed by atoms with Crippen LogP contribution in [0, 0.1) is 0 Å². The lowest BCUT2D eigenvalue weighted by Gasteiger charge is -2.36. The zero-order chi connectivity index (χ0) is 28.8. The molecule has 4 aromatic carbocycles. The summed E-state index contributed by atoms with van der Waals surface area (Å²) < 4.78 is 5.49. The Kier molecular flexibility index (Phi) is 6.23. The van der Waals surface area contributed by atoms with Gasteiger partial charge in [0.25, 0.3) is 11.8 Å². The summed E-state index contributed by atoms with van der Waals surface area (Å²) in [6, 6.07) is 29.9. The van der Waals surface area contributed by atoms with E-state index in [4.69, 9.17) is 4.74 Å². The number of para-hydroxylation sites is 2. The number of H-pyrrole nitrogens is 1. The van der Waals surface area contributed by atoms with Crippen LogP contribution in [-0.4, -0.2) is 40.4 Å². The lowest BCUT2D eigenvalue weighted by atomic mass is 9.89. The van der Waals surface area contributed by atoms with Crippen molar-refractivity contribution >= 4 is 40.1 Å². The van der Waals surface area contributed by atoms with Crippen LogP contribution in [-0.2, 0) is 11.2 Å². The number of urea groups is 1. The summed E-state index contributed by atoms with van der Waals surface area (Å²) in [7, 11) is 0. The molecule has 4 amide bonds. The van der Waals surface area contributed by atoms with Gasteiger partial charge < -0.3 is 15.0 Å². The van der Waals surface area contributed by atoms with E-state index in [0.29, 0.717) is 24.5 Å². The molecule has 3 heterocycles. The summed E-state index contributed by atoms with van der Waals surface area (Å²) in [6.45, 7) is 2.45. The third kappa shape index (κ3) is 4.11. The number of amides is 4. The maximum absolute atomic E-state index is 14.3. The van der Waals surface area contributed by atoms with Gasteiger partial charge in [0.15, 0.2) is 0 Å². The van der Waals surface area contributed by atoms with Gasteiger partial charge >= 0.3 is 6.03 Å². The van der Waals surface area contributed by atoms with Crippen molar-refractivity contribution in [2.24, 2.45) is 0 Å². The third-order valence-electron chi connectivity index (χ3n) is 7.98. The summed E-state index contributed by atoms with van der Waals surface area (Å²) in [6.07, 6.45) is 0.379. The molecule has 1 fully saturated rings. The first-order chi connectivity index (χ1) is 20.5. The quantitative estimate of drug-likeness (QED) is 0.240. The predicted molar refractivity (Wildman–Crippen MR) is 161 cm³/mol. The molecule has 0 bridgehead atoms. The van der Waals surface area contributed by atoms with E-state index < -0.39 is 24.0 Å². The van der Waals surface area contributed by atoms with Crippen LogP contribution in [0.1, 0.15) is 40.1 Å². The first kappa shape index (κ1) is 25.6. The molecule has 2 atom stereocenters. The number of carbonyl (C=O) groups is 3. The maximum Gasteiger partial charge on any atom is 0.332 e. The molecule has 0 radical (unpaired) electrons. The highest BCUT2D eigenvalue weighted by Crippen LogP contribution is 2.45. The van der Waals surface area contributed by atoms with E-state index >= 15 is 0 Å². The molecule has 8 nitrogen and oxygen atoms in total. The number of hydrogen-bond donors (Lipinski definition) is 2. The van der Waals surface area contributed by atoms with Crippen LogP contribution >= 0.6 is 0 Å². The van der Waals surface area contributed by atoms with Crippen LogP contribution in [0.15, 0.2) is 103 Å². The minimum Gasteiger partial charge on any atom is -0.494 e. The van der Waals surface area contributed by atoms with Gasteiger partial charge in [-0.25, -0.2) is 9.69 Å². The van der Waals surface area contributed by atoms with E-state index in [9.17, 15) is 14.4 Å². The second-order valence-electron chi connectivity index (χ2n) is 10.4. The number of nitrogens with one attached hydrogen (secondary N) is 2. The second kappa shape index (κ2) is 10.2. The number of fused-ring (bicyclic) bond motifs is 4. The number of ether oxygens (including phenoxy) is 1. The van der Waals surface area contributed by atoms with Gasteiger partial charge in [0, 0.05) is 28.7 Å². The monoisotopic (exact) mass is 556 g/mol. The molecule has 0 saturated carbocycles. The first-order valence-corrected chi connectivity index (χ1v) is 14.0. The van der Waals surface area contributed by atoms with Crippen molar-refractivity contribution in [3.63, 3.8) is 0 Å². The highest BCUT2D eigenvalue weighted by Gasteiger charge is 2.53. The molecular weight excluding hydrogens is 528 g/mol. The van der Waals surface area contributed by atoms with Crippen molar-refractivity contribution in [1.82, 2.24) is 9.88 Å². The molecule has 1 aromatic heterocycles. The van der Waals surface area contributed by atoms with Gasteiger partial charge in [0.1, 0.15) is 17.8 Å². The van der Waals surface area contributed by atoms with Crippen molar-refractivity contribution in [3.8, 4) is 5.75 Å². The highest BCUT2D eigenvalue weighted by molar-refractivity contribution is 6.24. The summed E-state index contributed by atoms with van der Waals surface area (Å²) in [4.78, 5) is 48.3. The Morgan fingerprint density at radius 3 is 2.40 bits per heavy atom. The van der Waals surface area contributed by atoms with Crippen LogP contribution in [0.4, 0.5) is 16.2 Å². The number of aromatic nitrogens is 1. The average molecular weight is 557 g/mol. The Bertz CT molecular complexity index is 1830. The molecule has 2 aliphatic heterocycles. The van der Waals surface area contributed by atoms with E-state index in [1.807, 2.05) is 61.5 Å². The van der Waals surface area contributed by atoms with Crippen molar-refractivity contribution < 1.29 is 19.1 Å². The lowest BCUT2D eigenvalue weighted by Crippen LogP contribution is -2.44. The summed E-state index contributed by atoms with van der Waals surface area (Å²) >= 11 is 0. The van der Waals surface area contributed by atoms with Crippen LogP contribution in [0.25, 0.3) is 10.9 Å². The van der Waals surface area contributed by atoms with Crippen LogP contribution in [0.5, 0.6) is 5.75 Å². The molecule has 2 N–H and O–H groups in total. The molecular formula is C34H28N4O4. The van der Waals surface area contributed by atoms with E-state index in [0.717, 1.165) is 27.7 Å². The van der Waals surface area contributed by atoms with Crippen molar-refractivity contribution in [3.05, 3.63) is 126 Å². The molecule has 7 rings (SSSR count). The zero-order valence-corrected chi connectivity index (χ0v) is 22.9. The Hall–Kier alpha value is -5.37. The molecule has 1 saturated heterocycles. The molecule has 5 aromatic rings. The lowest BCUT2D eigenvalue weighted by molar-refractivity contribution is -0.120. The summed E-state index contributed by atoms with van der Waals surface area (Å²) in [5, 5.41) is 3.93. The van der Waals surface area contributed by atoms with Gasteiger partial charge in [-0.3, -0.25) is 14.5 Å². The minimum absolute atomic E-state index is 0.230. The van der Waals surface area contributed by atoms with Crippen molar-refractivity contribution in [1.29, 1.82) is 0 Å². The van der Waals surface area contributed by atoms with Gasteiger partial charge in [-0.2, -0.15) is 0 Å². The van der Waals surface area contributed by atoms with E-state index in [1.165, 1.54) is 4.90 Å². The van der Waals surface area contributed by atoms with E-state index in [-0.39, 0.29) is 17.2 Å². The fourth-order valence-corrected chi connectivity index (χ4v) is 6.14. The maximum atomic E-state index is 14.3. The predicted octanol–water partition coefficient (Wildman–Crippen LogP) is 6.30. The molecule has 42 heavy (non-hydrogen) atoms. The summed E-state index contributed by atoms with van der Waals surface area (Å²) in [5.41, 5.74) is 4.87. The van der Waals surface area contributed by atoms with Crippen LogP contribution < -0.4 is 15.0 Å². The number of aromatic amines is 1. The fourth-order valence-electron chi connectivity index (χ4n) is 6.14. The normalized spacial score (nSPS) is 17.7. The Morgan fingerprint density at radius 1 is 0.905 bits per heavy atom. The molecule has 2 aliphatic rings. The Labute approximate surface area is 242 Å². The van der Waals surface area contributed by atoms with Crippen molar-refractivity contribution in [2.75, 3.05) is 16.8 Å². The van der Waals surface area contributed by atoms with Gasteiger partial charge in [0.05, 0.1) is 17.9 Å². The highest BCUT2D eigenvalue weighted by atomic mass is 16.5. The van der Waals surface area contributed by atoms with E-state index in [1.54, 1.807) is 53.4 Å². The van der Waals surface area contributed by atoms with Gasteiger partial charge in [-0.1, -0.05) is 60.7 Å². The second-order valence-corrected chi connectivity index (χ2v) is 10.4. The fraction of sp³-hybridized carbons (Fsp3) is 0.147. The number of nitrogens with zero attached hydrogens (tertiary/aromatic N) is 2. The Balaban J connectivity index is 1.27. The smallest absolute Gasteiger partial charge is 0.332 e. The molecule has 0 aliphatic carbocycles. The minimum atomic E-state index is -0.711. The Morgan fingerprint density at radius 2 is 1.62 bits per heavy atom. The van der Waals surface area contributed by atoms with Crippen molar-refractivity contribution in [2.45, 2.75) is 25.4 Å². The van der Waals surface area contributed by atoms with E-state index in [2.05, 4.69) is 10.3 Å². The standard InChI is InChI=1S/C34H28N4O4/c1-2-42-23-18-16-22(17-19-23)35-32(39)25-13-7-9-15-28(25)38-33(40)29-20-26-24-12-6-8-14-27(24)36-30(26)31(37(29)34(38)41)21-10-4-3-5-11-21/h3-19,29,31,36H,2,20H2,1H3,(H,35,39). The molecule has 2 unspecified atom stereocenters. The number of carbonyl (C=O) groups excluding carboxylic acids is 3. The number of hydrogen-bond acceptors (Lipinski definition) is 4. The van der Waals surface area contributed by atoms with Gasteiger partial charge in [0.2, 0.25) is 0 Å². The number of benzene rings is 4. The van der Waals surface area contributed by atoms with Crippen LogP contribution in [0.2, 0.25) is 0 Å². The molecule has 0 spiro atoms. The topological polar surface area (TPSA) is 94.7 Å². The number of anilines is 2. The SMILES string of the molecule is CCOc1ccc(NC(=O)c2ccccc2N2C(=O)C3Cc4c([nH]c5ccccc45)C(c4ccccc4)N3C2=O)cc1. The van der Waals surface area contributed by atoms with Crippen LogP contribution in [0.3, 0.4) is 0 Å².